The lowest BCUT2D eigenvalue weighted by Crippen LogP contribution is -2.25. The third kappa shape index (κ3) is 4.86. The van der Waals surface area contributed by atoms with Gasteiger partial charge in [0.2, 0.25) is 11.1 Å². The summed E-state index contributed by atoms with van der Waals surface area (Å²) in [4.78, 5) is 15.9. The van der Waals surface area contributed by atoms with E-state index in [1.165, 1.54) is 37.4 Å². The van der Waals surface area contributed by atoms with Gasteiger partial charge in [-0.1, -0.05) is 44.4 Å². The molecule has 1 aromatic heterocycles. The summed E-state index contributed by atoms with van der Waals surface area (Å²) in [5.74, 6) is 2.16. The predicted octanol–water partition coefficient (Wildman–Crippen LogP) is 2.16. The Kier molecular flexibility index (Phi) is 5.69. The van der Waals surface area contributed by atoms with Crippen LogP contribution in [0.3, 0.4) is 0 Å². The highest BCUT2D eigenvalue weighted by Crippen LogP contribution is 2.27. The van der Waals surface area contributed by atoms with Crippen LogP contribution < -0.4 is 5.32 Å². The summed E-state index contributed by atoms with van der Waals surface area (Å²) in [6, 6.07) is 0. The van der Waals surface area contributed by atoms with Gasteiger partial charge in [-0.2, -0.15) is 0 Å². The molecule has 0 saturated heterocycles. The van der Waals surface area contributed by atoms with Gasteiger partial charge in [-0.05, 0) is 12.3 Å². The van der Waals surface area contributed by atoms with E-state index in [1.54, 1.807) is 0 Å². The van der Waals surface area contributed by atoms with Crippen molar-refractivity contribution in [2.24, 2.45) is 5.92 Å². The van der Waals surface area contributed by atoms with Crippen molar-refractivity contribution in [1.29, 1.82) is 0 Å². The van der Waals surface area contributed by atoms with Gasteiger partial charge in [-0.15, -0.1) is 5.10 Å². The van der Waals surface area contributed by atoms with Gasteiger partial charge in [-0.3, -0.25) is 9.89 Å². The van der Waals surface area contributed by atoms with Gasteiger partial charge >= 0.3 is 0 Å². The Morgan fingerprint density at radius 1 is 1.47 bits per heavy atom. The number of rotatable bonds is 7. The Hall–Kier alpha value is -1.04. The molecule has 1 amide bonds. The average Bonchev–Trinajstić information content (AvgIpc) is 3.06. The third-order valence-corrected chi connectivity index (χ3v) is 4.22. The largest absolute Gasteiger partial charge is 0.355 e. The van der Waals surface area contributed by atoms with Gasteiger partial charge < -0.3 is 5.32 Å². The molecule has 1 aliphatic carbocycles. The standard InChI is InChI=1S/C13H22N4OS/c1-2-7-14-12(18)9-19-13-15-11(16-17-13)8-10-5-3-4-6-10/h10H,2-9H2,1H3,(H,14,18)(H,15,16,17). The first-order valence-corrected chi connectivity index (χ1v) is 8.07. The minimum atomic E-state index is 0.0500. The molecular weight excluding hydrogens is 260 g/mol. The van der Waals surface area contributed by atoms with E-state index in [0.29, 0.717) is 10.9 Å². The molecule has 6 heteroatoms. The molecule has 1 aromatic rings. The fourth-order valence-corrected chi connectivity index (χ4v) is 3.01. The summed E-state index contributed by atoms with van der Waals surface area (Å²) in [7, 11) is 0. The number of hydrogen-bond acceptors (Lipinski definition) is 4. The van der Waals surface area contributed by atoms with E-state index in [9.17, 15) is 4.79 Å². The van der Waals surface area contributed by atoms with Crippen LogP contribution in [0.4, 0.5) is 0 Å². The number of H-pyrrole nitrogens is 1. The number of nitrogens with zero attached hydrogens (tertiary/aromatic N) is 2. The smallest absolute Gasteiger partial charge is 0.230 e. The SMILES string of the molecule is CCCNC(=O)CSc1n[nH]c(CC2CCCC2)n1. The van der Waals surface area contributed by atoms with E-state index in [4.69, 9.17) is 0 Å². The van der Waals surface area contributed by atoms with Crippen LogP contribution in [0, 0.1) is 5.92 Å². The van der Waals surface area contributed by atoms with Crippen LogP contribution >= 0.6 is 11.8 Å². The average molecular weight is 282 g/mol. The van der Waals surface area contributed by atoms with Crippen molar-refractivity contribution in [1.82, 2.24) is 20.5 Å². The molecule has 106 valence electrons. The minimum absolute atomic E-state index is 0.0500. The van der Waals surface area contributed by atoms with Crippen LogP contribution in [0.25, 0.3) is 0 Å². The minimum Gasteiger partial charge on any atom is -0.355 e. The van der Waals surface area contributed by atoms with Crippen molar-refractivity contribution in [3.8, 4) is 0 Å². The summed E-state index contributed by atoms with van der Waals surface area (Å²) in [5.41, 5.74) is 0. The molecule has 19 heavy (non-hydrogen) atoms. The molecule has 0 spiro atoms. The van der Waals surface area contributed by atoms with Crippen molar-refractivity contribution < 1.29 is 4.79 Å². The van der Waals surface area contributed by atoms with Crippen LogP contribution in [0.1, 0.15) is 44.9 Å². The van der Waals surface area contributed by atoms with Crippen LogP contribution in [-0.4, -0.2) is 33.4 Å². The first-order valence-electron chi connectivity index (χ1n) is 7.08. The number of carbonyl (C=O) groups is 1. The maximum atomic E-state index is 11.5. The molecule has 1 saturated carbocycles. The first kappa shape index (κ1) is 14.4. The highest BCUT2D eigenvalue weighted by Gasteiger charge is 2.17. The maximum absolute atomic E-state index is 11.5. The molecule has 0 radical (unpaired) electrons. The van der Waals surface area contributed by atoms with E-state index >= 15 is 0 Å². The Balaban J connectivity index is 1.72. The topological polar surface area (TPSA) is 70.7 Å². The van der Waals surface area contributed by atoms with Gasteiger partial charge in [0.1, 0.15) is 5.82 Å². The van der Waals surface area contributed by atoms with Crippen LogP contribution in [0.5, 0.6) is 0 Å². The molecule has 1 aliphatic rings. The fourth-order valence-electron chi connectivity index (χ4n) is 2.37. The number of aromatic nitrogens is 3. The molecular formula is C13H22N4OS. The quantitative estimate of drug-likeness (QED) is 0.752. The highest BCUT2D eigenvalue weighted by atomic mass is 32.2. The molecule has 0 atom stereocenters. The van der Waals surface area contributed by atoms with E-state index < -0.39 is 0 Å². The second kappa shape index (κ2) is 7.53. The van der Waals surface area contributed by atoms with E-state index in [2.05, 4.69) is 20.5 Å². The van der Waals surface area contributed by atoms with E-state index in [0.717, 1.165) is 31.1 Å². The third-order valence-electron chi connectivity index (χ3n) is 3.37. The lowest BCUT2D eigenvalue weighted by Gasteiger charge is -2.04. The number of amides is 1. The number of hydrogen-bond donors (Lipinski definition) is 2. The molecule has 0 aromatic carbocycles. The molecule has 0 bridgehead atoms. The number of nitrogens with one attached hydrogen (secondary N) is 2. The molecule has 2 N–H and O–H groups in total. The van der Waals surface area contributed by atoms with E-state index in [-0.39, 0.29) is 5.91 Å². The van der Waals surface area contributed by atoms with Gasteiger partial charge in [0, 0.05) is 13.0 Å². The van der Waals surface area contributed by atoms with Crippen molar-refractivity contribution in [3.63, 3.8) is 0 Å². The molecule has 0 aliphatic heterocycles. The van der Waals surface area contributed by atoms with Crippen LogP contribution in [0.2, 0.25) is 0 Å². The second-order valence-electron chi connectivity index (χ2n) is 5.06. The van der Waals surface area contributed by atoms with Crippen molar-refractivity contribution in [3.05, 3.63) is 5.82 Å². The lowest BCUT2D eigenvalue weighted by atomic mass is 10.0. The number of carbonyl (C=O) groups excluding carboxylic acids is 1. The molecule has 2 rings (SSSR count). The second-order valence-corrected chi connectivity index (χ2v) is 6.00. The van der Waals surface area contributed by atoms with E-state index in [1.807, 2.05) is 6.92 Å². The molecule has 0 unspecified atom stereocenters. The van der Waals surface area contributed by atoms with Gasteiger partial charge in [0.15, 0.2) is 0 Å². The van der Waals surface area contributed by atoms with Gasteiger partial charge in [-0.25, -0.2) is 4.98 Å². The molecule has 5 nitrogen and oxygen atoms in total. The van der Waals surface area contributed by atoms with Crippen molar-refractivity contribution in [2.75, 3.05) is 12.3 Å². The summed E-state index contributed by atoms with van der Waals surface area (Å²) in [6.07, 6.45) is 7.26. The van der Waals surface area contributed by atoms with Gasteiger partial charge in [0.05, 0.1) is 5.75 Å². The summed E-state index contributed by atoms with van der Waals surface area (Å²) >= 11 is 1.39. The first-order chi connectivity index (χ1) is 9.28. The van der Waals surface area contributed by atoms with Crippen molar-refractivity contribution >= 4 is 17.7 Å². The Morgan fingerprint density at radius 3 is 3.00 bits per heavy atom. The van der Waals surface area contributed by atoms with Crippen LogP contribution in [-0.2, 0) is 11.2 Å². The Bertz CT molecular complexity index is 401. The Labute approximate surface area is 118 Å². The normalized spacial score (nSPS) is 15.8. The highest BCUT2D eigenvalue weighted by molar-refractivity contribution is 7.99. The summed E-state index contributed by atoms with van der Waals surface area (Å²) in [5, 5.41) is 10.7. The zero-order valence-electron chi connectivity index (χ0n) is 11.4. The summed E-state index contributed by atoms with van der Waals surface area (Å²) in [6.45, 7) is 2.78. The Morgan fingerprint density at radius 2 is 2.26 bits per heavy atom. The number of aromatic amines is 1. The molecule has 1 fully saturated rings. The maximum Gasteiger partial charge on any atom is 0.230 e. The fraction of sp³-hybridized carbons (Fsp3) is 0.769. The predicted molar refractivity (Wildman–Crippen MR) is 76.1 cm³/mol. The monoisotopic (exact) mass is 282 g/mol. The zero-order chi connectivity index (χ0) is 13.5. The zero-order valence-corrected chi connectivity index (χ0v) is 12.3. The van der Waals surface area contributed by atoms with Gasteiger partial charge in [0.25, 0.3) is 0 Å². The lowest BCUT2D eigenvalue weighted by molar-refractivity contribution is -0.118. The summed E-state index contributed by atoms with van der Waals surface area (Å²) < 4.78 is 0. The number of thioether (sulfide) groups is 1. The molecule has 1 heterocycles. The van der Waals surface area contributed by atoms with Crippen LogP contribution in [0.15, 0.2) is 5.16 Å². The van der Waals surface area contributed by atoms with Crippen molar-refractivity contribution in [2.45, 2.75) is 50.6 Å².